The maximum Gasteiger partial charge on any atom is 0.277 e. The highest BCUT2D eigenvalue weighted by molar-refractivity contribution is 7.89. The van der Waals surface area contributed by atoms with Crippen molar-refractivity contribution in [3.8, 4) is 17.1 Å². The highest BCUT2D eigenvalue weighted by Crippen LogP contribution is 2.34. The fourth-order valence-electron chi connectivity index (χ4n) is 6.12. The van der Waals surface area contributed by atoms with Crippen LogP contribution in [0.3, 0.4) is 0 Å². The Hall–Kier alpha value is -2.28. The normalized spacial score (nSPS) is 19.7. The van der Waals surface area contributed by atoms with Crippen molar-refractivity contribution in [1.29, 1.82) is 0 Å². The van der Waals surface area contributed by atoms with Crippen LogP contribution >= 0.6 is 0 Å². The van der Waals surface area contributed by atoms with Gasteiger partial charge in [0.15, 0.2) is 11.3 Å². The number of ether oxygens (including phenoxy) is 1. The van der Waals surface area contributed by atoms with Gasteiger partial charge in [0.1, 0.15) is 23.7 Å². The second-order valence-corrected chi connectivity index (χ2v) is 12.2. The largest absolute Gasteiger partial charge is 1.00 e. The number of fused-ring (bicyclic) bond motifs is 1. The molecule has 4 rings (SSSR count). The second kappa shape index (κ2) is 12.1. The van der Waals surface area contributed by atoms with Crippen LogP contribution in [0.5, 0.6) is 5.75 Å². The maximum absolute atomic E-state index is 13.9. The number of piperazine rings is 1. The van der Waals surface area contributed by atoms with Crippen molar-refractivity contribution in [2.24, 2.45) is 0 Å². The van der Waals surface area contributed by atoms with Crippen LogP contribution in [0, 0.1) is 6.92 Å². The Morgan fingerprint density at radius 1 is 1.10 bits per heavy atom. The summed E-state index contributed by atoms with van der Waals surface area (Å²) in [6.07, 6.45) is 1.52. The van der Waals surface area contributed by atoms with E-state index < -0.39 is 10.0 Å². The third kappa shape index (κ3) is 5.40. The molecule has 39 heavy (non-hydrogen) atoms. The number of aromatic nitrogens is 4. The van der Waals surface area contributed by atoms with Gasteiger partial charge < -0.3 is 31.2 Å². The molecule has 1 aliphatic rings. The minimum atomic E-state index is -3.79. The van der Waals surface area contributed by atoms with Crippen LogP contribution in [0.15, 0.2) is 27.9 Å². The molecule has 3 aromatic rings. The Bertz CT molecular complexity index is 1470. The van der Waals surface area contributed by atoms with E-state index in [2.05, 4.69) is 37.7 Å². The molecule has 216 valence electrons. The molecule has 10 nitrogen and oxygen atoms in total. The number of imidazole rings is 1. The van der Waals surface area contributed by atoms with Gasteiger partial charge in [-0.05, 0) is 66.2 Å². The molecule has 1 N–H and O–H groups in total. The molecule has 0 unspecified atom stereocenters. The number of sulfonamides is 1. The molecule has 1 saturated heterocycles. The number of nitrogens with one attached hydrogen (secondary N) is 1. The standard InChI is InChI=1S/C27H40N6O4S.BrH/c1-8-12-24-28-20(7)25-27(34)29-26(30-32(24)25)22-15-21(13-14-23(22)37-11-4)38(35,36)31-16-18(5)33(9-2,10-3)19(6)17-31;/h13-15,18-19H,8-12,16-17H2,1-7H3;1H/t18-,19+;. The van der Waals surface area contributed by atoms with Crippen molar-refractivity contribution >= 4 is 15.5 Å². The number of aromatic amines is 1. The molecule has 2 atom stereocenters. The maximum atomic E-state index is 13.9. The number of rotatable bonds is 9. The van der Waals surface area contributed by atoms with Crippen molar-refractivity contribution in [2.45, 2.75) is 78.3 Å². The zero-order valence-electron chi connectivity index (χ0n) is 24.0. The van der Waals surface area contributed by atoms with E-state index >= 15 is 0 Å². The lowest BCUT2D eigenvalue weighted by Gasteiger charge is -2.52. The highest BCUT2D eigenvalue weighted by atomic mass is 79.9. The first-order valence-electron chi connectivity index (χ1n) is 13.7. The van der Waals surface area contributed by atoms with Crippen LogP contribution in [-0.4, -0.2) is 81.7 Å². The predicted molar refractivity (Wildman–Crippen MR) is 148 cm³/mol. The van der Waals surface area contributed by atoms with E-state index in [0.717, 1.165) is 24.0 Å². The number of quaternary nitrogens is 1. The fourth-order valence-corrected chi connectivity index (χ4v) is 7.75. The summed E-state index contributed by atoms with van der Waals surface area (Å²) in [5.74, 6) is 1.39. The van der Waals surface area contributed by atoms with Gasteiger partial charge in [0.25, 0.3) is 5.56 Å². The highest BCUT2D eigenvalue weighted by Gasteiger charge is 2.45. The molecule has 0 aliphatic carbocycles. The van der Waals surface area contributed by atoms with Crippen molar-refractivity contribution < 1.29 is 34.6 Å². The summed E-state index contributed by atoms with van der Waals surface area (Å²) in [4.78, 5) is 20.6. The third-order valence-electron chi connectivity index (χ3n) is 8.23. The Morgan fingerprint density at radius 3 is 2.31 bits per heavy atom. The molecule has 1 aliphatic heterocycles. The molecule has 1 aromatic carbocycles. The Labute approximate surface area is 241 Å². The molecule has 12 heteroatoms. The van der Waals surface area contributed by atoms with Gasteiger partial charge in [0.05, 0.1) is 48.9 Å². The Morgan fingerprint density at radius 2 is 1.74 bits per heavy atom. The number of H-pyrrole nitrogens is 1. The van der Waals surface area contributed by atoms with Crippen LogP contribution < -0.4 is 27.3 Å². The zero-order chi connectivity index (χ0) is 27.8. The quantitative estimate of drug-likeness (QED) is 0.345. The van der Waals surface area contributed by atoms with E-state index in [0.29, 0.717) is 54.5 Å². The van der Waals surface area contributed by atoms with Gasteiger partial charge in [-0.2, -0.15) is 4.31 Å². The number of nitrogens with zero attached hydrogens (tertiary/aromatic N) is 5. The van der Waals surface area contributed by atoms with E-state index in [9.17, 15) is 13.2 Å². The summed E-state index contributed by atoms with van der Waals surface area (Å²) in [5.41, 5.74) is 1.09. The van der Waals surface area contributed by atoms with Gasteiger partial charge in [-0.25, -0.2) is 17.9 Å². The van der Waals surface area contributed by atoms with E-state index in [1.165, 1.54) is 0 Å². The summed E-state index contributed by atoms with van der Waals surface area (Å²) in [6.45, 7) is 17.5. The average Bonchev–Trinajstić information content (AvgIpc) is 3.20. The zero-order valence-corrected chi connectivity index (χ0v) is 26.4. The Kier molecular flexibility index (Phi) is 9.67. The summed E-state index contributed by atoms with van der Waals surface area (Å²) in [6, 6.07) is 5.15. The second-order valence-electron chi connectivity index (χ2n) is 10.3. The SMILES string of the molecule is CCCc1nc(C)c2c(=O)[nH]c(-c3cc(S(=O)(=O)N4C[C@@H](C)[N+](CC)(CC)[C@@H](C)C4)ccc3OCC)nn12.[Br-]. The molecule has 1 fully saturated rings. The van der Waals surface area contributed by atoms with Crippen LogP contribution in [0.25, 0.3) is 16.9 Å². The predicted octanol–water partition coefficient (Wildman–Crippen LogP) is 0.386. The molecule has 0 radical (unpaired) electrons. The van der Waals surface area contributed by atoms with Crippen LogP contribution in [0.2, 0.25) is 0 Å². The van der Waals surface area contributed by atoms with Gasteiger partial charge in [-0.15, -0.1) is 5.10 Å². The van der Waals surface area contributed by atoms with Crippen LogP contribution in [0.4, 0.5) is 0 Å². The summed E-state index contributed by atoms with van der Waals surface area (Å²) >= 11 is 0. The molecule has 0 bridgehead atoms. The van der Waals surface area contributed by atoms with Gasteiger partial charge in [-0.3, -0.25) is 4.79 Å². The first-order chi connectivity index (χ1) is 18.0. The lowest BCUT2D eigenvalue weighted by atomic mass is 10.0. The number of benzene rings is 1. The Balaban J connectivity index is 0.00000420. The van der Waals surface area contributed by atoms with Crippen LogP contribution in [-0.2, 0) is 16.4 Å². The van der Waals surface area contributed by atoms with E-state index in [4.69, 9.17) is 9.84 Å². The molecule has 2 aromatic heterocycles. The van der Waals surface area contributed by atoms with E-state index in [-0.39, 0.29) is 45.3 Å². The van der Waals surface area contributed by atoms with E-state index in [1.54, 1.807) is 33.9 Å². The molecular formula is C27H41BrN6O4S. The number of likely N-dealkylation sites (N-methyl/N-ethyl adjacent to an activating group) is 1. The molecule has 0 amide bonds. The van der Waals surface area contributed by atoms with Crippen LogP contribution in [0.1, 0.15) is 59.5 Å². The topological polar surface area (TPSA) is 110 Å². The van der Waals surface area contributed by atoms with Crippen molar-refractivity contribution in [3.63, 3.8) is 0 Å². The number of aryl methyl sites for hydroxylation is 2. The number of halogens is 1. The smallest absolute Gasteiger partial charge is 0.277 e. The number of hydrogen-bond donors (Lipinski definition) is 1. The van der Waals surface area contributed by atoms with Crippen molar-refractivity contribution in [1.82, 2.24) is 23.9 Å². The fraction of sp³-hybridized carbons (Fsp3) is 0.593. The molecule has 0 spiro atoms. The number of hydrogen-bond acceptors (Lipinski definition) is 6. The first-order valence-corrected chi connectivity index (χ1v) is 15.1. The van der Waals surface area contributed by atoms with Gasteiger partial charge >= 0.3 is 0 Å². The summed E-state index contributed by atoms with van der Waals surface area (Å²) in [7, 11) is -3.79. The van der Waals surface area contributed by atoms with Gasteiger partial charge in [-0.1, -0.05) is 6.92 Å². The summed E-state index contributed by atoms with van der Waals surface area (Å²) < 4.78 is 37.7. The third-order valence-corrected chi connectivity index (χ3v) is 10.1. The van der Waals surface area contributed by atoms with E-state index in [1.807, 2.05) is 13.8 Å². The van der Waals surface area contributed by atoms with Crippen molar-refractivity contribution in [3.05, 3.63) is 40.1 Å². The van der Waals surface area contributed by atoms with Gasteiger partial charge in [0.2, 0.25) is 10.0 Å². The minimum absolute atomic E-state index is 0. The molecular weight excluding hydrogens is 584 g/mol. The van der Waals surface area contributed by atoms with Gasteiger partial charge in [0, 0.05) is 6.42 Å². The lowest BCUT2D eigenvalue weighted by molar-refractivity contribution is -0.970. The molecule has 3 heterocycles. The first kappa shape index (κ1) is 31.3. The average molecular weight is 626 g/mol. The summed E-state index contributed by atoms with van der Waals surface area (Å²) in [5, 5.41) is 4.70. The molecule has 0 saturated carbocycles. The minimum Gasteiger partial charge on any atom is -1.00 e. The lowest BCUT2D eigenvalue weighted by Crippen LogP contribution is -3.00. The van der Waals surface area contributed by atoms with Crippen molar-refractivity contribution in [2.75, 3.05) is 32.8 Å². The monoisotopic (exact) mass is 624 g/mol.